The highest BCUT2D eigenvalue weighted by Crippen LogP contribution is 2.32. The molecule has 1 aliphatic heterocycles. The second-order valence-corrected chi connectivity index (χ2v) is 5.70. The highest BCUT2D eigenvalue weighted by molar-refractivity contribution is 9.10. The molecule has 94 valence electrons. The Bertz CT molecular complexity index is 371. The van der Waals surface area contributed by atoms with Gasteiger partial charge in [-0.15, -0.1) is 0 Å². The average molecular weight is 302 g/mol. The molecule has 0 amide bonds. The molecule has 0 saturated carbocycles. The van der Waals surface area contributed by atoms with Crippen LogP contribution in [-0.2, 0) is 11.2 Å². The van der Waals surface area contributed by atoms with Crippen molar-refractivity contribution in [1.29, 1.82) is 0 Å². The summed E-state index contributed by atoms with van der Waals surface area (Å²) in [5, 5.41) is 3.21. The predicted molar refractivity (Wildman–Crippen MR) is 69.6 cm³/mol. The second kappa shape index (κ2) is 5.46. The lowest BCUT2D eigenvalue weighted by Crippen LogP contribution is -2.35. The normalized spacial score (nSPS) is 24.2. The largest absolute Gasteiger partial charge is 0.381 e. The zero-order chi connectivity index (χ0) is 12.3. The first-order chi connectivity index (χ1) is 8.13. The van der Waals surface area contributed by atoms with Crippen molar-refractivity contribution in [3.8, 4) is 0 Å². The third kappa shape index (κ3) is 3.27. The fourth-order valence-corrected chi connectivity index (χ4v) is 3.02. The van der Waals surface area contributed by atoms with E-state index in [1.54, 1.807) is 6.07 Å². The summed E-state index contributed by atoms with van der Waals surface area (Å²) < 4.78 is 19.6. The van der Waals surface area contributed by atoms with E-state index >= 15 is 0 Å². The Kier molecular flexibility index (Phi) is 4.17. The van der Waals surface area contributed by atoms with Crippen LogP contribution in [0.2, 0.25) is 0 Å². The smallest absolute Gasteiger partial charge is 0.124 e. The van der Waals surface area contributed by atoms with Crippen molar-refractivity contribution in [3.05, 3.63) is 34.1 Å². The number of halogens is 2. The van der Waals surface area contributed by atoms with Gasteiger partial charge in [0.2, 0.25) is 0 Å². The van der Waals surface area contributed by atoms with E-state index < -0.39 is 0 Å². The molecule has 1 heterocycles. The number of hydrogen-bond donors (Lipinski definition) is 1. The first-order valence-electron chi connectivity index (χ1n) is 5.81. The van der Waals surface area contributed by atoms with Crippen LogP contribution in [0.1, 0.15) is 12.0 Å². The van der Waals surface area contributed by atoms with Gasteiger partial charge in [0.1, 0.15) is 5.82 Å². The minimum absolute atomic E-state index is 0.113. The lowest BCUT2D eigenvalue weighted by molar-refractivity contribution is 0.150. The molecule has 0 aliphatic carbocycles. The fourth-order valence-electron chi connectivity index (χ4n) is 2.51. The molecule has 0 aromatic heterocycles. The van der Waals surface area contributed by atoms with Gasteiger partial charge in [-0.05, 0) is 43.7 Å². The molecule has 1 aliphatic rings. The molecule has 17 heavy (non-hydrogen) atoms. The number of rotatable bonds is 4. The van der Waals surface area contributed by atoms with Crippen LogP contribution >= 0.6 is 15.9 Å². The van der Waals surface area contributed by atoms with Crippen molar-refractivity contribution in [2.45, 2.75) is 12.8 Å². The molecule has 0 radical (unpaired) electrons. The highest BCUT2D eigenvalue weighted by atomic mass is 79.9. The quantitative estimate of drug-likeness (QED) is 0.923. The van der Waals surface area contributed by atoms with Gasteiger partial charge in [0.25, 0.3) is 0 Å². The summed E-state index contributed by atoms with van der Waals surface area (Å²) in [6.07, 6.45) is 1.88. The van der Waals surface area contributed by atoms with Gasteiger partial charge in [0, 0.05) is 23.0 Å². The number of benzene rings is 1. The molecule has 2 nitrogen and oxygen atoms in total. The molecule has 1 fully saturated rings. The molecule has 4 heteroatoms. The highest BCUT2D eigenvalue weighted by Gasteiger charge is 2.34. The first kappa shape index (κ1) is 13.0. The van der Waals surface area contributed by atoms with Crippen LogP contribution in [-0.4, -0.2) is 26.8 Å². The van der Waals surface area contributed by atoms with Crippen molar-refractivity contribution < 1.29 is 9.13 Å². The molecule has 0 bridgehead atoms. The Morgan fingerprint density at radius 3 is 2.88 bits per heavy atom. The van der Waals surface area contributed by atoms with Crippen molar-refractivity contribution >= 4 is 15.9 Å². The van der Waals surface area contributed by atoms with E-state index in [0.29, 0.717) is 0 Å². The number of ether oxygens (including phenoxy) is 1. The maximum Gasteiger partial charge on any atom is 0.124 e. The van der Waals surface area contributed by atoms with Crippen LogP contribution in [0.5, 0.6) is 0 Å². The minimum Gasteiger partial charge on any atom is -0.381 e. The first-order valence-corrected chi connectivity index (χ1v) is 6.60. The van der Waals surface area contributed by atoms with Crippen LogP contribution in [0, 0.1) is 11.2 Å². The summed E-state index contributed by atoms with van der Waals surface area (Å²) in [5.41, 5.74) is 1.14. The van der Waals surface area contributed by atoms with Crippen LogP contribution in [0.15, 0.2) is 22.7 Å². The van der Waals surface area contributed by atoms with E-state index in [0.717, 1.165) is 42.6 Å². The van der Waals surface area contributed by atoms with Crippen molar-refractivity contribution in [3.63, 3.8) is 0 Å². The zero-order valence-corrected chi connectivity index (χ0v) is 11.5. The lowest BCUT2D eigenvalue weighted by Gasteiger charge is -2.27. The summed E-state index contributed by atoms with van der Waals surface area (Å²) in [4.78, 5) is 0. The van der Waals surface area contributed by atoms with Crippen molar-refractivity contribution in [2.24, 2.45) is 5.41 Å². The van der Waals surface area contributed by atoms with E-state index in [1.807, 2.05) is 13.1 Å². The van der Waals surface area contributed by atoms with Crippen LogP contribution in [0.4, 0.5) is 4.39 Å². The minimum atomic E-state index is -0.187. The number of nitrogens with one attached hydrogen (secondary N) is 1. The van der Waals surface area contributed by atoms with Gasteiger partial charge >= 0.3 is 0 Å². The molecular weight excluding hydrogens is 285 g/mol. The molecule has 1 saturated heterocycles. The Labute approximate surface area is 110 Å². The summed E-state index contributed by atoms with van der Waals surface area (Å²) in [5.74, 6) is -0.187. The summed E-state index contributed by atoms with van der Waals surface area (Å²) in [7, 11) is 1.95. The van der Waals surface area contributed by atoms with E-state index in [1.165, 1.54) is 6.07 Å². The molecule has 1 N–H and O–H groups in total. The third-order valence-electron chi connectivity index (χ3n) is 3.24. The van der Waals surface area contributed by atoms with Crippen molar-refractivity contribution in [2.75, 3.05) is 26.8 Å². The summed E-state index contributed by atoms with van der Waals surface area (Å²) >= 11 is 3.33. The molecule has 0 spiro atoms. The SMILES string of the molecule is CNCC1(Cc2cc(F)cc(Br)c2)CCOC1. The molecule has 2 rings (SSSR count). The Morgan fingerprint density at radius 2 is 2.29 bits per heavy atom. The summed E-state index contributed by atoms with van der Waals surface area (Å²) in [6, 6.07) is 5.08. The van der Waals surface area contributed by atoms with Gasteiger partial charge in [0.05, 0.1) is 6.61 Å². The molecule has 1 aromatic carbocycles. The lowest BCUT2D eigenvalue weighted by atomic mass is 9.81. The van der Waals surface area contributed by atoms with Gasteiger partial charge < -0.3 is 10.1 Å². The van der Waals surface area contributed by atoms with Crippen LogP contribution in [0.3, 0.4) is 0 Å². The van der Waals surface area contributed by atoms with Crippen LogP contribution in [0.25, 0.3) is 0 Å². The van der Waals surface area contributed by atoms with Gasteiger partial charge in [-0.2, -0.15) is 0 Å². The van der Waals surface area contributed by atoms with E-state index in [2.05, 4.69) is 21.2 Å². The third-order valence-corrected chi connectivity index (χ3v) is 3.70. The second-order valence-electron chi connectivity index (χ2n) is 4.79. The monoisotopic (exact) mass is 301 g/mol. The van der Waals surface area contributed by atoms with Gasteiger partial charge in [-0.25, -0.2) is 4.39 Å². The van der Waals surface area contributed by atoms with Crippen LogP contribution < -0.4 is 5.32 Å². The van der Waals surface area contributed by atoms with Crippen molar-refractivity contribution in [1.82, 2.24) is 5.32 Å². The summed E-state index contributed by atoms with van der Waals surface area (Å²) in [6.45, 7) is 2.46. The van der Waals surface area contributed by atoms with Gasteiger partial charge in [0.15, 0.2) is 0 Å². The Hall–Kier alpha value is -0.450. The molecule has 1 unspecified atom stereocenters. The number of hydrogen-bond acceptors (Lipinski definition) is 2. The van der Waals surface area contributed by atoms with E-state index in [-0.39, 0.29) is 11.2 Å². The van der Waals surface area contributed by atoms with Gasteiger partial charge in [-0.1, -0.05) is 15.9 Å². The van der Waals surface area contributed by atoms with E-state index in [9.17, 15) is 4.39 Å². The zero-order valence-electron chi connectivity index (χ0n) is 9.93. The Balaban J connectivity index is 2.17. The topological polar surface area (TPSA) is 21.3 Å². The Morgan fingerprint density at radius 1 is 1.47 bits per heavy atom. The van der Waals surface area contributed by atoms with Gasteiger partial charge in [-0.3, -0.25) is 0 Å². The predicted octanol–water partition coefficient (Wildman–Crippen LogP) is 2.76. The maximum atomic E-state index is 13.3. The molecule has 1 aromatic rings. The molecule has 1 atom stereocenters. The molecular formula is C13H17BrFNO. The van der Waals surface area contributed by atoms with E-state index in [4.69, 9.17) is 4.74 Å². The average Bonchev–Trinajstić information content (AvgIpc) is 2.65. The maximum absolute atomic E-state index is 13.3. The fraction of sp³-hybridized carbons (Fsp3) is 0.538. The standard InChI is InChI=1S/C13H17BrFNO/c1-16-8-13(2-3-17-9-13)7-10-4-11(14)6-12(15)5-10/h4-6,16H,2-3,7-9H2,1H3.